The monoisotopic (exact) mass is 320 g/mol. The fourth-order valence-electron chi connectivity index (χ4n) is 1.60. The average Bonchev–Trinajstić information content (AvgIpc) is 2.35. The third kappa shape index (κ3) is 3.26. The Hall–Kier alpha value is -1.55. The number of anilines is 1. The van der Waals surface area contributed by atoms with Crippen molar-refractivity contribution in [2.75, 3.05) is 5.73 Å². The maximum Gasteiger partial charge on any atom is 0.219 e. The molecule has 3 nitrogen and oxygen atoms in total. The van der Waals surface area contributed by atoms with E-state index >= 15 is 0 Å². The van der Waals surface area contributed by atoms with E-state index in [2.05, 4.69) is 41.7 Å². The zero-order valence-corrected chi connectivity index (χ0v) is 12.9. The molecule has 1 aromatic carbocycles. The average molecular weight is 321 g/mol. The van der Waals surface area contributed by atoms with E-state index in [0.29, 0.717) is 17.3 Å². The van der Waals surface area contributed by atoms with Gasteiger partial charge in [-0.05, 0) is 39.0 Å². The van der Waals surface area contributed by atoms with Gasteiger partial charge < -0.3 is 10.5 Å². The molecule has 0 bridgehead atoms. The van der Waals surface area contributed by atoms with Gasteiger partial charge in [0.05, 0.1) is 4.47 Å². The summed E-state index contributed by atoms with van der Waals surface area (Å²) < 4.78 is 6.47. The fraction of sp³-hybridized carbons (Fsp3) is 0.267. The highest BCUT2D eigenvalue weighted by Gasteiger charge is 2.14. The highest BCUT2D eigenvalue weighted by Crippen LogP contribution is 2.33. The number of halogens is 1. The minimum Gasteiger partial charge on any atom is -0.438 e. The van der Waals surface area contributed by atoms with Gasteiger partial charge in [0.25, 0.3) is 0 Å². The molecule has 19 heavy (non-hydrogen) atoms. The molecular weight excluding hydrogens is 304 g/mol. The SMILES string of the molecule is CC(C)(C)c1ccc(Oc2cccc(N)c2Br)nc1. The molecule has 0 atom stereocenters. The maximum atomic E-state index is 5.81. The van der Waals surface area contributed by atoms with Gasteiger partial charge >= 0.3 is 0 Å². The van der Waals surface area contributed by atoms with Crippen LogP contribution in [0.5, 0.6) is 11.6 Å². The molecule has 0 saturated heterocycles. The van der Waals surface area contributed by atoms with Crippen LogP contribution in [0, 0.1) is 0 Å². The van der Waals surface area contributed by atoms with E-state index in [9.17, 15) is 0 Å². The van der Waals surface area contributed by atoms with Crippen molar-refractivity contribution in [2.24, 2.45) is 0 Å². The summed E-state index contributed by atoms with van der Waals surface area (Å²) in [6.45, 7) is 6.46. The number of hydrogen-bond acceptors (Lipinski definition) is 3. The fourth-order valence-corrected chi connectivity index (χ4v) is 1.95. The molecule has 100 valence electrons. The number of ether oxygens (including phenoxy) is 1. The van der Waals surface area contributed by atoms with Gasteiger partial charge in [0.15, 0.2) is 0 Å². The van der Waals surface area contributed by atoms with Crippen LogP contribution in [-0.2, 0) is 5.41 Å². The van der Waals surface area contributed by atoms with Crippen LogP contribution in [0.3, 0.4) is 0 Å². The standard InChI is InChI=1S/C15H17BrN2O/c1-15(2,3)10-7-8-13(18-9-10)19-12-6-4-5-11(17)14(12)16/h4-9H,17H2,1-3H3. The summed E-state index contributed by atoms with van der Waals surface area (Å²) in [5.41, 5.74) is 7.71. The van der Waals surface area contributed by atoms with Gasteiger partial charge in [0.2, 0.25) is 5.88 Å². The summed E-state index contributed by atoms with van der Waals surface area (Å²) in [6, 6.07) is 9.41. The molecule has 0 amide bonds. The molecule has 0 aliphatic carbocycles. The van der Waals surface area contributed by atoms with Crippen LogP contribution >= 0.6 is 15.9 Å². The summed E-state index contributed by atoms with van der Waals surface area (Å²) in [6.07, 6.45) is 1.84. The second kappa shape index (κ2) is 5.21. The Morgan fingerprint density at radius 1 is 1.16 bits per heavy atom. The molecule has 0 radical (unpaired) electrons. The van der Waals surface area contributed by atoms with Gasteiger partial charge in [-0.25, -0.2) is 4.98 Å². The molecule has 2 aromatic rings. The van der Waals surface area contributed by atoms with Crippen LogP contribution < -0.4 is 10.5 Å². The van der Waals surface area contributed by atoms with Crippen LogP contribution in [0.15, 0.2) is 41.0 Å². The zero-order chi connectivity index (χ0) is 14.0. The van der Waals surface area contributed by atoms with E-state index in [1.807, 2.05) is 36.5 Å². The molecular formula is C15H17BrN2O. The van der Waals surface area contributed by atoms with Crippen molar-refractivity contribution in [1.82, 2.24) is 4.98 Å². The summed E-state index contributed by atoms with van der Waals surface area (Å²) in [5, 5.41) is 0. The van der Waals surface area contributed by atoms with Crippen molar-refractivity contribution in [3.63, 3.8) is 0 Å². The van der Waals surface area contributed by atoms with Crippen LogP contribution in [0.25, 0.3) is 0 Å². The first kappa shape index (κ1) is 13.9. The van der Waals surface area contributed by atoms with Gasteiger partial charge in [-0.3, -0.25) is 0 Å². The quantitative estimate of drug-likeness (QED) is 0.828. The van der Waals surface area contributed by atoms with Crippen molar-refractivity contribution in [3.05, 3.63) is 46.6 Å². The lowest BCUT2D eigenvalue weighted by Crippen LogP contribution is -2.11. The molecule has 4 heteroatoms. The third-order valence-electron chi connectivity index (χ3n) is 2.81. The number of rotatable bonds is 2. The van der Waals surface area contributed by atoms with Crippen molar-refractivity contribution in [1.29, 1.82) is 0 Å². The van der Waals surface area contributed by atoms with E-state index in [1.54, 1.807) is 0 Å². The zero-order valence-electron chi connectivity index (χ0n) is 11.3. The minimum atomic E-state index is 0.0866. The van der Waals surface area contributed by atoms with Crippen LogP contribution in [-0.4, -0.2) is 4.98 Å². The molecule has 0 aliphatic rings. The molecule has 2 rings (SSSR count). The normalized spacial score (nSPS) is 11.4. The van der Waals surface area contributed by atoms with Gasteiger partial charge in [-0.1, -0.05) is 32.9 Å². The lowest BCUT2D eigenvalue weighted by Gasteiger charge is -2.18. The van der Waals surface area contributed by atoms with Crippen LogP contribution in [0.1, 0.15) is 26.3 Å². The third-order valence-corrected chi connectivity index (χ3v) is 3.66. The smallest absolute Gasteiger partial charge is 0.219 e. The Morgan fingerprint density at radius 3 is 2.47 bits per heavy atom. The van der Waals surface area contributed by atoms with Crippen molar-refractivity contribution < 1.29 is 4.74 Å². The predicted molar refractivity (Wildman–Crippen MR) is 81.6 cm³/mol. The van der Waals surface area contributed by atoms with Gasteiger partial charge in [0, 0.05) is 18.0 Å². The Morgan fingerprint density at radius 2 is 1.89 bits per heavy atom. The first-order valence-electron chi connectivity index (χ1n) is 6.06. The van der Waals surface area contributed by atoms with Crippen LogP contribution in [0.2, 0.25) is 0 Å². The highest BCUT2D eigenvalue weighted by atomic mass is 79.9. The molecule has 1 heterocycles. The summed E-state index contributed by atoms with van der Waals surface area (Å²) in [5.74, 6) is 1.22. The molecule has 0 unspecified atom stereocenters. The summed E-state index contributed by atoms with van der Waals surface area (Å²) >= 11 is 3.41. The topological polar surface area (TPSA) is 48.1 Å². The maximum absolute atomic E-state index is 5.81. The molecule has 0 aliphatic heterocycles. The molecule has 0 fully saturated rings. The highest BCUT2D eigenvalue weighted by molar-refractivity contribution is 9.10. The molecule has 0 saturated carbocycles. The predicted octanol–water partition coefficient (Wildman–Crippen LogP) is 4.52. The Kier molecular flexibility index (Phi) is 3.80. The van der Waals surface area contributed by atoms with Gasteiger partial charge in [-0.2, -0.15) is 0 Å². The lowest BCUT2D eigenvalue weighted by molar-refractivity contribution is 0.458. The Labute approximate surface area is 121 Å². The number of benzene rings is 1. The second-order valence-corrected chi connectivity index (χ2v) is 6.19. The summed E-state index contributed by atoms with van der Waals surface area (Å²) in [7, 11) is 0. The van der Waals surface area contributed by atoms with E-state index in [-0.39, 0.29) is 5.41 Å². The summed E-state index contributed by atoms with van der Waals surface area (Å²) in [4.78, 5) is 4.33. The number of nitrogens with two attached hydrogens (primary N) is 1. The van der Waals surface area contributed by atoms with Crippen LogP contribution in [0.4, 0.5) is 5.69 Å². The first-order chi connectivity index (χ1) is 8.88. The Balaban J connectivity index is 2.23. The van der Waals surface area contributed by atoms with Gasteiger partial charge in [0.1, 0.15) is 5.75 Å². The number of nitrogens with zero attached hydrogens (tertiary/aromatic N) is 1. The second-order valence-electron chi connectivity index (χ2n) is 5.40. The largest absolute Gasteiger partial charge is 0.438 e. The van der Waals surface area contributed by atoms with Crippen molar-refractivity contribution in [3.8, 4) is 11.6 Å². The van der Waals surface area contributed by atoms with E-state index < -0.39 is 0 Å². The number of hydrogen-bond donors (Lipinski definition) is 1. The minimum absolute atomic E-state index is 0.0866. The Bertz CT molecular complexity index is 574. The molecule has 2 N–H and O–H groups in total. The van der Waals surface area contributed by atoms with Gasteiger partial charge in [-0.15, -0.1) is 0 Å². The van der Waals surface area contributed by atoms with Crippen molar-refractivity contribution >= 4 is 21.6 Å². The van der Waals surface area contributed by atoms with E-state index in [4.69, 9.17) is 10.5 Å². The number of aromatic nitrogens is 1. The number of pyridine rings is 1. The molecule has 1 aromatic heterocycles. The first-order valence-corrected chi connectivity index (χ1v) is 6.85. The van der Waals surface area contributed by atoms with Crippen molar-refractivity contribution in [2.45, 2.75) is 26.2 Å². The number of nitrogen functional groups attached to an aromatic ring is 1. The lowest BCUT2D eigenvalue weighted by atomic mass is 9.88. The van der Waals surface area contributed by atoms with E-state index in [0.717, 1.165) is 4.47 Å². The molecule has 0 spiro atoms. The van der Waals surface area contributed by atoms with E-state index in [1.165, 1.54) is 5.56 Å².